The molecule has 1 atom stereocenters. The van der Waals surface area contributed by atoms with Crippen molar-refractivity contribution in [3.8, 4) is 11.5 Å². The zero-order chi connectivity index (χ0) is 13.8. The Morgan fingerprint density at radius 1 is 1.15 bits per heavy atom. The first-order valence-corrected chi connectivity index (χ1v) is 6.98. The van der Waals surface area contributed by atoms with E-state index in [1.807, 2.05) is 18.2 Å². The molecule has 1 unspecified atom stereocenters. The normalized spacial score (nSPS) is 15.7. The van der Waals surface area contributed by atoms with Gasteiger partial charge in [0.15, 0.2) is 11.5 Å². The molecule has 1 N–H and O–H groups in total. The quantitative estimate of drug-likeness (QED) is 0.928. The standard InChI is InChI=1S/C16H19NO3/c1-12(17-11-14-4-2-7-18-14)13-5-6-15-16(10-13)20-9-3-8-19-15/h2,4-7,10,12,17H,3,8-9,11H2,1H3. The molecule has 1 aliphatic rings. The van der Waals surface area contributed by atoms with E-state index in [2.05, 4.69) is 24.4 Å². The van der Waals surface area contributed by atoms with E-state index in [9.17, 15) is 0 Å². The Labute approximate surface area is 118 Å². The number of furan rings is 1. The van der Waals surface area contributed by atoms with Gasteiger partial charge in [0.1, 0.15) is 5.76 Å². The number of rotatable bonds is 4. The third kappa shape index (κ3) is 2.96. The minimum absolute atomic E-state index is 0.220. The van der Waals surface area contributed by atoms with Gasteiger partial charge in [0.25, 0.3) is 0 Å². The van der Waals surface area contributed by atoms with Gasteiger partial charge in [-0.2, -0.15) is 0 Å². The van der Waals surface area contributed by atoms with Gasteiger partial charge in [0, 0.05) is 12.5 Å². The molecule has 20 heavy (non-hydrogen) atoms. The Bertz CT molecular complexity index is 551. The molecule has 4 heteroatoms. The van der Waals surface area contributed by atoms with Gasteiger partial charge in [0.2, 0.25) is 0 Å². The van der Waals surface area contributed by atoms with E-state index in [1.165, 1.54) is 5.56 Å². The second-order valence-corrected chi connectivity index (χ2v) is 4.94. The fraction of sp³-hybridized carbons (Fsp3) is 0.375. The molecule has 0 spiro atoms. The summed E-state index contributed by atoms with van der Waals surface area (Å²) in [5.74, 6) is 2.61. The number of benzene rings is 1. The number of hydrogen-bond donors (Lipinski definition) is 1. The highest BCUT2D eigenvalue weighted by Gasteiger charge is 2.13. The molecule has 0 aliphatic carbocycles. The molecular formula is C16H19NO3. The number of nitrogens with one attached hydrogen (secondary N) is 1. The van der Waals surface area contributed by atoms with E-state index in [0.29, 0.717) is 13.2 Å². The van der Waals surface area contributed by atoms with Crippen molar-refractivity contribution in [3.63, 3.8) is 0 Å². The smallest absolute Gasteiger partial charge is 0.161 e. The van der Waals surface area contributed by atoms with Crippen LogP contribution in [0.1, 0.15) is 30.7 Å². The molecule has 0 bridgehead atoms. The topological polar surface area (TPSA) is 43.6 Å². The first kappa shape index (κ1) is 13.1. The maximum absolute atomic E-state index is 5.72. The van der Waals surface area contributed by atoms with Crippen LogP contribution in [0.15, 0.2) is 41.0 Å². The maximum atomic E-state index is 5.72. The molecule has 2 aromatic rings. The number of hydrogen-bond acceptors (Lipinski definition) is 4. The lowest BCUT2D eigenvalue weighted by molar-refractivity contribution is 0.297. The summed E-state index contributed by atoms with van der Waals surface area (Å²) in [6, 6.07) is 10.2. The first-order chi connectivity index (χ1) is 9.83. The molecule has 1 aliphatic heterocycles. The van der Waals surface area contributed by atoms with Crippen LogP contribution in [0.2, 0.25) is 0 Å². The summed E-state index contributed by atoms with van der Waals surface area (Å²) < 4.78 is 16.7. The molecular weight excluding hydrogens is 254 g/mol. The lowest BCUT2D eigenvalue weighted by Crippen LogP contribution is -2.17. The van der Waals surface area contributed by atoms with Gasteiger partial charge in [0.05, 0.1) is 26.0 Å². The lowest BCUT2D eigenvalue weighted by Gasteiger charge is -2.15. The Morgan fingerprint density at radius 2 is 2.00 bits per heavy atom. The van der Waals surface area contributed by atoms with Crippen LogP contribution in [0.4, 0.5) is 0 Å². The van der Waals surface area contributed by atoms with Crippen molar-refractivity contribution in [2.24, 2.45) is 0 Å². The van der Waals surface area contributed by atoms with Crippen LogP contribution in [0.3, 0.4) is 0 Å². The predicted molar refractivity (Wildman–Crippen MR) is 76.0 cm³/mol. The average molecular weight is 273 g/mol. The van der Waals surface area contributed by atoms with Gasteiger partial charge < -0.3 is 19.2 Å². The summed E-state index contributed by atoms with van der Waals surface area (Å²) >= 11 is 0. The molecule has 1 aromatic heterocycles. The summed E-state index contributed by atoms with van der Waals surface area (Å²) in [5, 5.41) is 3.43. The third-order valence-electron chi connectivity index (χ3n) is 3.43. The van der Waals surface area contributed by atoms with Crippen LogP contribution in [0.5, 0.6) is 11.5 Å². The summed E-state index contributed by atoms with van der Waals surface area (Å²) in [7, 11) is 0. The molecule has 0 saturated carbocycles. The van der Waals surface area contributed by atoms with Crippen molar-refractivity contribution in [1.82, 2.24) is 5.32 Å². The largest absolute Gasteiger partial charge is 0.490 e. The molecule has 0 saturated heterocycles. The lowest BCUT2D eigenvalue weighted by atomic mass is 10.1. The summed E-state index contributed by atoms with van der Waals surface area (Å²) in [6.45, 7) is 4.27. The molecule has 0 radical (unpaired) electrons. The van der Waals surface area contributed by atoms with Crippen LogP contribution in [0, 0.1) is 0 Å². The van der Waals surface area contributed by atoms with E-state index < -0.39 is 0 Å². The number of fused-ring (bicyclic) bond motifs is 1. The summed E-state index contributed by atoms with van der Waals surface area (Å²) in [5.41, 5.74) is 1.18. The minimum atomic E-state index is 0.220. The third-order valence-corrected chi connectivity index (χ3v) is 3.43. The molecule has 2 heterocycles. The van der Waals surface area contributed by atoms with Crippen molar-refractivity contribution in [3.05, 3.63) is 47.9 Å². The van der Waals surface area contributed by atoms with Crippen LogP contribution in [-0.4, -0.2) is 13.2 Å². The van der Waals surface area contributed by atoms with Crippen molar-refractivity contribution in [1.29, 1.82) is 0 Å². The Balaban J connectivity index is 1.68. The first-order valence-electron chi connectivity index (χ1n) is 6.98. The zero-order valence-electron chi connectivity index (χ0n) is 11.6. The van der Waals surface area contributed by atoms with Gasteiger partial charge >= 0.3 is 0 Å². The van der Waals surface area contributed by atoms with Crippen molar-refractivity contribution < 1.29 is 13.9 Å². The molecule has 4 nitrogen and oxygen atoms in total. The predicted octanol–water partition coefficient (Wildman–Crippen LogP) is 3.29. The zero-order valence-corrected chi connectivity index (χ0v) is 11.6. The maximum Gasteiger partial charge on any atom is 0.161 e. The van der Waals surface area contributed by atoms with E-state index in [1.54, 1.807) is 6.26 Å². The van der Waals surface area contributed by atoms with Gasteiger partial charge in [-0.25, -0.2) is 0 Å². The van der Waals surface area contributed by atoms with Crippen LogP contribution < -0.4 is 14.8 Å². The average Bonchev–Trinajstić information content (AvgIpc) is 2.88. The van der Waals surface area contributed by atoms with E-state index in [4.69, 9.17) is 13.9 Å². The fourth-order valence-corrected chi connectivity index (χ4v) is 2.23. The van der Waals surface area contributed by atoms with Gasteiger partial charge in [-0.05, 0) is 36.8 Å². The van der Waals surface area contributed by atoms with Crippen LogP contribution in [0.25, 0.3) is 0 Å². The highest BCUT2D eigenvalue weighted by atomic mass is 16.5. The molecule has 106 valence electrons. The molecule has 0 fully saturated rings. The highest BCUT2D eigenvalue weighted by molar-refractivity contribution is 5.44. The molecule has 1 aromatic carbocycles. The second kappa shape index (κ2) is 6.01. The fourth-order valence-electron chi connectivity index (χ4n) is 2.23. The number of ether oxygens (including phenoxy) is 2. The second-order valence-electron chi connectivity index (χ2n) is 4.94. The Hall–Kier alpha value is -1.94. The van der Waals surface area contributed by atoms with Gasteiger partial charge in [-0.15, -0.1) is 0 Å². The van der Waals surface area contributed by atoms with E-state index in [-0.39, 0.29) is 6.04 Å². The van der Waals surface area contributed by atoms with E-state index >= 15 is 0 Å². The van der Waals surface area contributed by atoms with Crippen molar-refractivity contribution in [2.75, 3.05) is 13.2 Å². The monoisotopic (exact) mass is 273 g/mol. The Morgan fingerprint density at radius 3 is 2.80 bits per heavy atom. The molecule has 0 amide bonds. The minimum Gasteiger partial charge on any atom is -0.490 e. The SMILES string of the molecule is CC(NCc1ccco1)c1ccc2c(c1)OCCCO2. The van der Waals surface area contributed by atoms with E-state index in [0.717, 1.165) is 30.3 Å². The van der Waals surface area contributed by atoms with Crippen molar-refractivity contribution >= 4 is 0 Å². The highest BCUT2D eigenvalue weighted by Crippen LogP contribution is 2.32. The summed E-state index contributed by atoms with van der Waals surface area (Å²) in [4.78, 5) is 0. The summed E-state index contributed by atoms with van der Waals surface area (Å²) in [6.07, 6.45) is 2.62. The van der Waals surface area contributed by atoms with Gasteiger partial charge in [-0.1, -0.05) is 6.07 Å². The Kier molecular flexibility index (Phi) is 3.92. The van der Waals surface area contributed by atoms with Crippen molar-refractivity contribution in [2.45, 2.75) is 25.9 Å². The van der Waals surface area contributed by atoms with Gasteiger partial charge in [-0.3, -0.25) is 0 Å². The van der Waals surface area contributed by atoms with Crippen LogP contribution >= 0.6 is 0 Å². The van der Waals surface area contributed by atoms with Crippen LogP contribution in [-0.2, 0) is 6.54 Å². The molecule has 3 rings (SSSR count).